The van der Waals surface area contributed by atoms with Crippen molar-refractivity contribution in [3.63, 3.8) is 0 Å². The highest BCUT2D eigenvalue weighted by molar-refractivity contribution is 5.96. The molecule has 1 amide bonds. The van der Waals surface area contributed by atoms with Gasteiger partial charge >= 0.3 is 5.97 Å². The second-order valence-corrected chi connectivity index (χ2v) is 11.4. The van der Waals surface area contributed by atoms with Gasteiger partial charge in [0.05, 0.1) is 24.7 Å². The Labute approximate surface area is 248 Å². The van der Waals surface area contributed by atoms with Crippen LogP contribution in [0, 0.1) is 12.8 Å². The minimum Gasteiger partial charge on any atom is -0.465 e. The van der Waals surface area contributed by atoms with Gasteiger partial charge in [-0.15, -0.1) is 0 Å². The second kappa shape index (κ2) is 12.8. The summed E-state index contributed by atoms with van der Waals surface area (Å²) in [6, 6.07) is 14.5. The first-order chi connectivity index (χ1) is 20.4. The summed E-state index contributed by atoms with van der Waals surface area (Å²) >= 11 is 0. The molecule has 1 saturated heterocycles. The number of aromatic nitrogens is 2. The van der Waals surface area contributed by atoms with Crippen LogP contribution in [0.1, 0.15) is 83.3 Å². The molecule has 0 bridgehead atoms. The topological polar surface area (TPSA) is 115 Å². The molecule has 1 aliphatic carbocycles. The molecule has 2 aromatic carbocycles. The van der Waals surface area contributed by atoms with Gasteiger partial charge in [-0.3, -0.25) is 10.6 Å². The van der Waals surface area contributed by atoms with Gasteiger partial charge in [0.15, 0.2) is 0 Å². The fraction of sp³-hybridized carbons (Fsp3) is 0.424. The van der Waals surface area contributed by atoms with Crippen LogP contribution in [0.5, 0.6) is 0 Å². The Morgan fingerprint density at radius 1 is 1.17 bits per heavy atom. The van der Waals surface area contributed by atoms with E-state index in [0.29, 0.717) is 17.2 Å². The lowest BCUT2D eigenvalue weighted by atomic mass is 9.96. The molecule has 3 atom stereocenters. The number of rotatable bonds is 10. The number of hydrogen-bond donors (Lipinski definition) is 3. The normalized spacial score (nSPS) is 20.3. The largest absolute Gasteiger partial charge is 0.465 e. The van der Waals surface area contributed by atoms with Crippen molar-refractivity contribution >= 4 is 11.9 Å². The van der Waals surface area contributed by atoms with Gasteiger partial charge in [0.25, 0.3) is 5.91 Å². The minimum absolute atomic E-state index is 0.0442. The standard InChI is InChI=1S/C33H42N6O3/c1-5-9-25-12-6-7-13-38(25)32(40)23-11-8-10-22(16-23)24-14-21(2)15-26(17-24)39-31(29(19-36-39)33(41)42-4)28-18-27(28)30(37-34)20-35-3/h8,10-11,14-17,19-20,25,27-28,35,37H,5-7,9,12-13,18,34H2,1-4H3/b30-20-/t25-,27?,28?/m1/s1. The molecule has 222 valence electrons. The van der Waals surface area contributed by atoms with Crippen molar-refractivity contribution < 1.29 is 14.3 Å². The van der Waals surface area contributed by atoms with Crippen molar-refractivity contribution in [2.24, 2.45) is 11.8 Å². The van der Waals surface area contributed by atoms with Gasteiger partial charge in [-0.05, 0) is 80.0 Å². The number of esters is 1. The molecular formula is C33H42N6O3. The fourth-order valence-electron chi connectivity index (χ4n) is 6.39. The number of hydrogen-bond acceptors (Lipinski definition) is 7. The minimum atomic E-state index is -0.417. The number of nitrogens with zero attached hydrogens (tertiary/aromatic N) is 3. The Bertz CT molecular complexity index is 1480. The number of aryl methyl sites for hydroxylation is 1. The molecule has 5 rings (SSSR count). The zero-order valence-corrected chi connectivity index (χ0v) is 25.0. The van der Waals surface area contributed by atoms with Crippen molar-refractivity contribution in [3.8, 4) is 16.8 Å². The fourth-order valence-corrected chi connectivity index (χ4v) is 6.39. The van der Waals surface area contributed by atoms with E-state index in [1.807, 2.05) is 49.1 Å². The summed E-state index contributed by atoms with van der Waals surface area (Å²) in [5.74, 6) is 5.66. The second-order valence-electron chi connectivity index (χ2n) is 11.4. The number of benzene rings is 2. The number of likely N-dealkylation sites (tertiary alicyclic amines) is 1. The summed E-state index contributed by atoms with van der Waals surface area (Å²) in [7, 11) is 3.21. The van der Waals surface area contributed by atoms with E-state index in [4.69, 9.17) is 10.6 Å². The SMILES string of the molecule is CCC[C@@H]1CCCCN1C(=O)c1cccc(-c2cc(C)cc(-n3ncc(C(=O)OC)c3C3CC3/C(=C/NC)NN)c2)c1. The Balaban J connectivity index is 1.50. The summed E-state index contributed by atoms with van der Waals surface area (Å²) in [5.41, 5.74) is 9.46. The highest BCUT2D eigenvalue weighted by Gasteiger charge is 2.45. The number of nitrogens with one attached hydrogen (secondary N) is 2. The summed E-state index contributed by atoms with van der Waals surface area (Å²) in [4.78, 5) is 28.5. The highest BCUT2D eigenvalue weighted by Crippen LogP contribution is 2.52. The number of hydrazine groups is 1. The van der Waals surface area contributed by atoms with Gasteiger partial charge in [0.2, 0.25) is 0 Å². The number of carbonyl (C=O) groups is 2. The predicted octanol–water partition coefficient (Wildman–Crippen LogP) is 5.06. The molecule has 1 aromatic heterocycles. The third-order valence-corrected chi connectivity index (χ3v) is 8.48. The first-order valence-electron chi connectivity index (χ1n) is 14.9. The van der Waals surface area contributed by atoms with Crippen LogP contribution in [0.25, 0.3) is 16.8 Å². The third-order valence-electron chi connectivity index (χ3n) is 8.48. The summed E-state index contributed by atoms with van der Waals surface area (Å²) in [5, 5.41) is 7.69. The zero-order chi connectivity index (χ0) is 29.8. The Morgan fingerprint density at radius 2 is 2.00 bits per heavy atom. The average molecular weight is 571 g/mol. The number of piperidine rings is 1. The van der Waals surface area contributed by atoms with Crippen LogP contribution >= 0.6 is 0 Å². The lowest BCUT2D eigenvalue weighted by molar-refractivity contribution is 0.0592. The van der Waals surface area contributed by atoms with E-state index in [1.54, 1.807) is 6.20 Å². The molecule has 2 heterocycles. The average Bonchev–Trinajstić information content (AvgIpc) is 3.67. The zero-order valence-electron chi connectivity index (χ0n) is 25.0. The summed E-state index contributed by atoms with van der Waals surface area (Å²) in [6.45, 7) is 5.05. The molecular weight excluding hydrogens is 528 g/mol. The summed E-state index contributed by atoms with van der Waals surface area (Å²) in [6.07, 6.45) is 9.69. The van der Waals surface area contributed by atoms with E-state index in [2.05, 4.69) is 45.9 Å². The number of carbonyl (C=O) groups excluding carboxylic acids is 2. The first kappa shape index (κ1) is 29.4. The number of methoxy groups -OCH3 is 1. The molecule has 9 nitrogen and oxygen atoms in total. The predicted molar refractivity (Wildman–Crippen MR) is 164 cm³/mol. The third kappa shape index (κ3) is 5.92. The van der Waals surface area contributed by atoms with E-state index in [-0.39, 0.29) is 17.7 Å². The van der Waals surface area contributed by atoms with Gasteiger partial charge in [0.1, 0.15) is 5.56 Å². The quantitative estimate of drug-likeness (QED) is 0.177. The number of nitrogens with two attached hydrogens (primary N) is 1. The molecule has 0 radical (unpaired) electrons. The molecule has 0 spiro atoms. The van der Waals surface area contributed by atoms with Crippen molar-refractivity contribution in [1.29, 1.82) is 0 Å². The van der Waals surface area contributed by atoms with Crippen LogP contribution in [0.15, 0.2) is 60.6 Å². The first-order valence-corrected chi connectivity index (χ1v) is 14.9. The lowest BCUT2D eigenvalue weighted by Gasteiger charge is -2.36. The van der Waals surface area contributed by atoms with Crippen molar-refractivity contribution in [1.82, 2.24) is 25.4 Å². The van der Waals surface area contributed by atoms with E-state index in [0.717, 1.165) is 72.4 Å². The van der Waals surface area contributed by atoms with E-state index < -0.39 is 5.97 Å². The van der Waals surface area contributed by atoms with Crippen molar-refractivity contribution in [3.05, 3.63) is 82.9 Å². The van der Waals surface area contributed by atoms with Crippen LogP contribution in [-0.4, -0.2) is 53.3 Å². The summed E-state index contributed by atoms with van der Waals surface area (Å²) < 4.78 is 6.95. The van der Waals surface area contributed by atoms with Crippen LogP contribution in [0.4, 0.5) is 0 Å². The molecule has 2 fully saturated rings. The number of allylic oxidation sites excluding steroid dienone is 1. The van der Waals surface area contributed by atoms with Gasteiger partial charge in [-0.25, -0.2) is 9.48 Å². The van der Waals surface area contributed by atoms with E-state index >= 15 is 0 Å². The van der Waals surface area contributed by atoms with Gasteiger partial charge < -0.3 is 20.4 Å². The maximum Gasteiger partial charge on any atom is 0.341 e. The van der Waals surface area contributed by atoms with Crippen molar-refractivity contribution in [2.45, 2.75) is 64.3 Å². The maximum absolute atomic E-state index is 13.6. The van der Waals surface area contributed by atoms with Crippen molar-refractivity contribution in [2.75, 3.05) is 20.7 Å². The smallest absolute Gasteiger partial charge is 0.341 e. The van der Waals surface area contributed by atoms with Crippen LogP contribution in [0.3, 0.4) is 0 Å². The molecule has 1 saturated carbocycles. The molecule has 9 heteroatoms. The molecule has 42 heavy (non-hydrogen) atoms. The van der Waals surface area contributed by atoms with E-state index in [1.165, 1.54) is 13.5 Å². The van der Waals surface area contributed by atoms with Crippen LogP contribution < -0.4 is 16.6 Å². The van der Waals surface area contributed by atoms with Gasteiger partial charge in [0, 0.05) is 48.9 Å². The maximum atomic E-state index is 13.6. The monoisotopic (exact) mass is 570 g/mol. The number of ether oxygens (including phenoxy) is 1. The van der Waals surface area contributed by atoms with Gasteiger partial charge in [-0.2, -0.15) is 5.10 Å². The van der Waals surface area contributed by atoms with E-state index in [9.17, 15) is 9.59 Å². The molecule has 1 aliphatic heterocycles. The highest BCUT2D eigenvalue weighted by atomic mass is 16.5. The molecule has 3 aromatic rings. The van der Waals surface area contributed by atoms with Gasteiger partial charge in [-0.1, -0.05) is 31.5 Å². The Hall–Kier alpha value is -4.11. The molecule has 2 unspecified atom stereocenters. The Kier molecular flexibility index (Phi) is 8.97. The molecule has 4 N–H and O–H groups in total. The lowest BCUT2D eigenvalue weighted by Crippen LogP contribution is -2.43. The van der Waals surface area contributed by atoms with Crippen LogP contribution in [-0.2, 0) is 4.74 Å². The molecule has 2 aliphatic rings. The number of amides is 1. The Morgan fingerprint density at radius 3 is 2.74 bits per heavy atom. The van der Waals surface area contributed by atoms with Crippen LogP contribution in [0.2, 0.25) is 0 Å².